The average Bonchev–Trinajstić information content (AvgIpc) is 2.20. The highest BCUT2D eigenvalue weighted by Gasteiger charge is 2.11. The Balaban J connectivity index is 2.70. The van der Waals surface area contributed by atoms with E-state index in [-0.39, 0.29) is 23.6 Å². The minimum Gasteiger partial charge on any atom is -0.350 e. The van der Waals surface area contributed by atoms with E-state index in [4.69, 9.17) is 5.73 Å². The van der Waals surface area contributed by atoms with E-state index in [2.05, 4.69) is 5.32 Å². The summed E-state index contributed by atoms with van der Waals surface area (Å²) in [6.07, 6.45) is 2.28. The molecule has 1 amide bonds. The largest absolute Gasteiger partial charge is 0.350 e. The number of hydrogen-bond acceptors (Lipinski definition) is 3. The quantitative estimate of drug-likeness (QED) is 0.787. The molecule has 94 valence electrons. The number of carbonyl (C=O) groups is 1. The van der Waals surface area contributed by atoms with Gasteiger partial charge in [0.05, 0.1) is 0 Å². The predicted molar refractivity (Wildman–Crippen MR) is 66.9 cm³/mol. The van der Waals surface area contributed by atoms with Crippen LogP contribution < -0.4 is 16.6 Å². The first-order valence-electron chi connectivity index (χ1n) is 5.63. The molecule has 3 N–H and O–H groups in total. The normalized spacial score (nSPS) is 14.1. The van der Waals surface area contributed by atoms with E-state index < -0.39 is 0 Å². The summed E-state index contributed by atoms with van der Waals surface area (Å²) < 4.78 is 1.42. The molecule has 0 saturated carbocycles. The van der Waals surface area contributed by atoms with Crippen LogP contribution in [0, 0.1) is 0 Å². The highest BCUT2D eigenvalue weighted by molar-refractivity contribution is 5.94. The molecule has 5 nitrogen and oxygen atoms in total. The number of nitrogens with one attached hydrogen (secondary N) is 1. The Morgan fingerprint density at radius 1 is 1.53 bits per heavy atom. The molecule has 0 aliphatic rings. The van der Waals surface area contributed by atoms with E-state index >= 15 is 0 Å². The third-order valence-electron chi connectivity index (χ3n) is 2.47. The molecular weight excluding hydrogens is 218 g/mol. The van der Waals surface area contributed by atoms with E-state index in [0.29, 0.717) is 12.0 Å². The van der Waals surface area contributed by atoms with Crippen molar-refractivity contribution in [3.05, 3.63) is 34.2 Å². The minimum absolute atomic E-state index is 0.00782. The Bertz CT molecular complexity index is 451. The lowest BCUT2D eigenvalue weighted by Gasteiger charge is -2.15. The summed E-state index contributed by atoms with van der Waals surface area (Å²) in [6, 6.07) is 2.98. The highest BCUT2D eigenvalue weighted by Crippen LogP contribution is 1.99. The molecule has 5 heteroatoms. The lowest BCUT2D eigenvalue weighted by atomic mass is 10.1. The van der Waals surface area contributed by atoms with Crippen molar-refractivity contribution < 1.29 is 4.79 Å². The number of nitrogens with two attached hydrogens (primary N) is 1. The average molecular weight is 237 g/mol. The zero-order valence-corrected chi connectivity index (χ0v) is 10.4. The van der Waals surface area contributed by atoms with Crippen molar-refractivity contribution in [2.24, 2.45) is 12.8 Å². The molecule has 0 bridgehead atoms. The third kappa shape index (κ3) is 4.03. The predicted octanol–water partition coefficient (Wildman–Crippen LogP) is 0.241. The van der Waals surface area contributed by atoms with E-state index in [9.17, 15) is 9.59 Å². The van der Waals surface area contributed by atoms with Crippen LogP contribution in [0.25, 0.3) is 0 Å². The third-order valence-corrected chi connectivity index (χ3v) is 2.47. The fraction of sp³-hybridized carbons (Fsp3) is 0.500. The number of aromatic nitrogens is 1. The molecule has 2 unspecified atom stereocenters. The van der Waals surface area contributed by atoms with Crippen molar-refractivity contribution >= 4 is 5.91 Å². The van der Waals surface area contributed by atoms with Crippen LogP contribution in [-0.2, 0) is 7.05 Å². The van der Waals surface area contributed by atoms with Gasteiger partial charge in [0.2, 0.25) is 0 Å². The summed E-state index contributed by atoms with van der Waals surface area (Å²) >= 11 is 0. The van der Waals surface area contributed by atoms with E-state index in [1.165, 1.54) is 10.6 Å². The topological polar surface area (TPSA) is 77.1 Å². The molecule has 0 aliphatic heterocycles. The lowest BCUT2D eigenvalue weighted by Crippen LogP contribution is -2.37. The second kappa shape index (κ2) is 5.63. The summed E-state index contributed by atoms with van der Waals surface area (Å²) in [7, 11) is 1.64. The van der Waals surface area contributed by atoms with Crippen LogP contribution >= 0.6 is 0 Å². The van der Waals surface area contributed by atoms with E-state index in [0.717, 1.165) is 0 Å². The zero-order chi connectivity index (χ0) is 13.0. The molecule has 0 spiro atoms. The molecule has 1 aromatic rings. The van der Waals surface area contributed by atoms with Gasteiger partial charge in [-0.3, -0.25) is 9.59 Å². The Kier molecular flexibility index (Phi) is 4.45. The molecular formula is C12H19N3O2. The van der Waals surface area contributed by atoms with Gasteiger partial charge in [-0.25, -0.2) is 0 Å². The second-order valence-corrected chi connectivity index (χ2v) is 4.45. The van der Waals surface area contributed by atoms with Crippen molar-refractivity contribution in [2.75, 3.05) is 0 Å². The van der Waals surface area contributed by atoms with Gasteiger partial charge in [0.1, 0.15) is 0 Å². The van der Waals surface area contributed by atoms with Crippen LogP contribution in [0.5, 0.6) is 0 Å². The summed E-state index contributed by atoms with van der Waals surface area (Å²) in [4.78, 5) is 23.2. The summed E-state index contributed by atoms with van der Waals surface area (Å²) in [6.45, 7) is 3.78. The molecule has 17 heavy (non-hydrogen) atoms. The first-order chi connectivity index (χ1) is 7.90. The van der Waals surface area contributed by atoms with Crippen LogP contribution in [0.1, 0.15) is 30.6 Å². The smallest absolute Gasteiger partial charge is 0.251 e. The maximum absolute atomic E-state index is 11.8. The van der Waals surface area contributed by atoms with Crippen molar-refractivity contribution in [2.45, 2.75) is 32.4 Å². The molecule has 0 aromatic carbocycles. The number of amides is 1. The number of pyridine rings is 1. The molecule has 1 rings (SSSR count). The van der Waals surface area contributed by atoms with Gasteiger partial charge in [-0.2, -0.15) is 0 Å². The number of nitrogens with zero attached hydrogens (tertiary/aromatic N) is 1. The van der Waals surface area contributed by atoms with Crippen LogP contribution in [0.15, 0.2) is 23.1 Å². The summed E-state index contributed by atoms with van der Waals surface area (Å²) in [5, 5.41) is 2.81. The fourth-order valence-corrected chi connectivity index (χ4v) is 1.61. The number of rotatable bonds is 4. The van der Waals surface area contributed by atoms with Crippen molar-refractivity contribution in [3.63, 3.8) is 0 Å². The van der Waals surface area contributed by atoms with Gasteiger partial charge in [0.15, 0.2) is 0 Å². The Labute approximate surface area is 101 Å². The maximum atomic E-state index is 11.8. The Hall–Kier alpha value is -1.62. The van der Waals surface area contributed by atoms with Crippen molar-refractivity contribution in [1.82, 2.24) is 9.88 Å². The Morgan fingerprint density at radius 3 is 2.71 bits per heavy atom. The second-order valence-electron chi connectivity index (χ2n) is 4.45. The molecule has 1 heterocycles. The van der Waals surface area contributed by atoms with Crippen LogP contribution in [0.2, 0.25) is 0 Å². The zero-order valence-electron chi connectivity index (χ0n) is 10.4. The van der Waals surface area contributed by atoms with Crippen LogP contribution in [0.3, 0.4) is 0 Å². The van der Waals surface area contributed by atoms with Crippen LogP contribution in [-0.4, -0.2) is 22.6 Å². The molecule has 1 aromatic heterocycles. The minimum atomic E-state index is -0.240. The van der Waals surface area contributed by atoms with Gasteiger partial charge in [0, 0.05) is 37.0 Å². The SMILES string of the molecule is CC(N)CC(C)NC(=O)c1ccn(C)c(=O)c1. The number of aryl methyl sites for hydroxylation is 1. The van der Waals surface area contributed by atoms with Gasteiger partial charge in [-0.05, 0) is 26.3 Å². The number of carbonyl (C=O) groups excluding carboxylic acids is 1. The summed E-state index contributed by atoms with van der Waals surface area (Å²) in [5.74, 6) is -0.240. The number of hydrogen-bond donors (Lipinski definition) is 2. The van der Waals surface area contributed by atoms with E-state index in [1.54, 1.807) is 19.3 Å². The maximum Gasteiger partial charge on any atom is 0.251 e. The van der Waals surface area contributed by atoms with Gasteiger partial charge < -0.3 is 15.6 Å². The molecule has 2 atom stereocenters. The highest BCUT2D eigenvalue weighted by atomic mass is 16.2. The first kappa shape index (κ1) is 13.4. The van der Waals surface area contributed by atoms with Crippen LogP contribution in [0.4, 0.5) is 0 Å². The van der Waals surface area contributed by atoms with E-state index in [1.807, 2.05) is 13.8 Å². The van der Waals surface area contributed by atoms with Crippen molar-refractivity contribution in [3.8, 4) is 0 Å². The van der Waals surface area contributed by atoms with Gasteiger partial charge in [0.25, 0.3) is 11.5 Å². The fourth-order valence-electron chi connectivity index (χ4n) is 1.61. The van der Waals surface area contributed by atoms with Gasteiger partial charge in [-0.15, -0.1) is 0 Å². The Morgan fingerprint density at radius 2 is 2.18 bits per heavy atom. The molecule has 0 fully saturated rings. The first-order valence-corrected chi connectivity index (χ1v) is 5.63. The van der Waals surface area contributed by atoms with Gasteiger partial charge >= 0.3 is 0 Å². The monoisotopic (exact) mass is 237 g/mol. The lowest BCUT2D eigenvalue weighted by molar-refractivity contribution is 0.0937. The standard InChI is InChI=1S/C12H19N3O2/c1-8(13)6-9(2)14-12(17)10-4-5-15(3)11(16)7-10/h4-5,7-9H,6,13H2,1-3H3,(H,14,17). The van der Waals surface area contributed by atoms with Crippen molar-refractivity contribution in [1.29, 1.82) is 0 Å². The molecule has 0 aliphatic carbocycles. The molecule has 0 saturated heterocycles. The summed E-state index contributed by atoms with van der Waals surface area (Å²) in [5.41, 5.74) is 5.83. The molecule has 0 radical (unpaired) electrons. The van der Waals surface area contributed by atoms with Gasteiger partial charge in [-0.1, -0.05) is 0 Å².